The second-order valence-corrected chi connectivity index (χ2v) is 9.85. The van der Waals surface area contributed by atoms with Crippen LogP contribution in [0, 0.1) is 5.92 Å². The summed E-state index contributed by atoms with van der Waals surface area (Å²) in [4.78, 5) is 15.9. The molecule has 5 aromatic rings. The quantitative estimate of drug-likeness (QED) is 0.371. The van der Waals surface area contributed by atoms with Crippen molar-refractivity contribution in [2.75, 3.05) is 0 Å². The molecule has 9 heteroatoms. The maximum absolute atomic E-state index is 12.9. The van der Waals surface area contributed by atoms with Crippen LogP contribution in [-0.4, -0.2) is 30.5 Å². The van der Waals surface area contributed by atoms with Gasteiger partial charge in [-0.15, -0.1) is 0 Å². The van der Waals surface area contributed by atoms with E-state index in [-0.39, 0.29) is 4.90 Å². The molecule has 2 heterocycles. The second kappa shape index (κ2) is 7.72. The molecule has 0 amide bonds. The number of nitrogens with zero attached hydrogens (tertiary/aromatic N) is 1. The van der Waals surface area contributed by atoms with Gasteiger partial charge in [0.25, 0.3) is 0 Å². The van der Waals surface area contributed by atoms with Gasteiger partial charge in [0.1, 0.15) is 22.7 Å². The molecule has 2 aromatic heterocycles. The van der Waals surface area contributed by atoms with Crippen LogP contribution in [0.2, 0.25) is 0 Å². The lowest BCUT2D eigenvalue weighted by atomic mass is 10.1. The lowest BCUT2D eigenvalue weighted by Gasteiger charge is -2.17. The predicted molar refractivity (Wildman–Crippen MR) is 123 cm³/mol. The summed E-state index contributed by atoms with van der Waals surface area (Å²) in [5.74, 6) is -1.18. The third kappa shape index (κ3) is 3.75. The van der Waals surface area contributed by atoms with Gasteiger partial charge in [0.15, 0.2) is 5.58 Å². The van der Waals surface area contributed by atoms with E-state index in [0.29, 0.717) is 28.0 Å². The molecule has 2 N–H and O–H groups in total. The van der Waals surface area contributed by atoms with Gasteiger partial charge in [0, 0.05) is 16.3 Å². The Morgan fingerprint density at radius 2 is 1.73 bits per heavy atom. The van der Waals surface area contributed by atoms with Crippen molar-refractivity contribution < 1.29 is 27.2 Å². The van der Waals surface area contributed by atoms with Crippen LogP contribution in [0.15, 0.2) is 74.4 Å². The topological polar surface area (TPSA) is 123 Å². The summed E-state index contributed by atoms with van der Waals surface area (Å²) in [5, 5.41) is 10.7. The van der Waals surface area contributed by atoms with Crippen molar-refractivity contribution in [3.05, 3.63) is 60.7 Å². The molecule has 0 aliphatic carbocycles. The monoisotopic (exact) mass is 464 g/mol. The maximum Gasteiger partial charge on any atom is 0.322 e. The maximum atomic E-state index is 12.9. The van der Waals surface area contributed by atoms with Crippen molar-refractivity contribution in [2.45, 2.75) is 24.8 Å². The van der Waals surface area contributed by atoms with Crippen molar-refractivity contribution in [1.82, 2.24) is 9.71 Å². The van der Waals surface area contributed by atoms with Crippen LogP contribution >= 0.6 is 0 Å². The van der Waals surface area contributed by atoms with Crippen LogP contribution in [0.4, 0.5) is 0 Å². The fourth-order valence-electron chi connectivity index (χ4n) is 3.76. The second-order valence-electron chi connectivity index (χ2n) is 8.14. The van der Waals surface area contributed by atoms with Crippen molar-refractivity contribution in [2.24, 2.45) is 5.92 Å². The minimum atomic E-state index is -4.05. The Kier molecular flexibility index (Phi) is 4.95. The normalized spacial score (nSPS) is 13.3. The highest BCUT2D eigenvalue weighted by Crippen LogP contribution is 2.34. The van der Waals surface area contributed by atoms with Gasteiger partial charge in [-0.1, -0.05) is 26.0 Å². The molecule has 0 unspecified atom stereocenters. The Hall–Kier alpha value is -3.69. The zero-order valence-electron chi connectivity index (χ0n) is 17.8. The Morgan fingerprint density at radius 3 is 2.45 bits per heavy atom. The molecule has 0 saturated heterocycles. The summed E-state index contributed by atoms with van der Waals surface area (Å²) >= 11 is 0. The zero-order valence-corrected chi connectivity index (χ0v) is 18.6. The van der Waals surface area contributed by atoms with Crippen LogP contribution in [0.3, 0.4) is 0 Å². The van der Waals surface area contributed by atoms with E-state index < -0.39 is 28.0 Å². The predicted octanol–water partition coefficient (Wildman–Crippen LogP) is 4.78. The third-order valence-electron chi connectivity index (χ3n) is 5.51. The highest BCUT2D eigenvalue weighted by Gasteiger charge is 2.28. The molecule has 0 aliphatic rings. The van der Waals surface area contributed by atoms with Gasteiger partial charge in [-0.05, 0) is 54.4 Å². The van der Waals surface area contributed by atoms with E-state index in [9.17, 15) is 18.3 Å². The number of hydrogen-bond donors (Lipinski definition) is 2. The van der Waals surface area contributed by atoms with E-state index in [0.717, 1.165) is 16.5 Å². The summed E-state index contributed by atoms with van der Waals surface area (Å²) in [6.45, 7) is 3.28. The number of oxazole rings is 1. The first-order valence-corrected chi connectivity index (χ1v) is 11.8. The van der Waals surface area contributed by atoms with Gasteiger partial charge in [-0.3, -0.25) is 4.79 Å². The molecule has 0 bridgehead atoms. The SMILES string of the molecule is CC(C)[C@@H](NS(=O)(=O)c1ccc2oc3cc(-c4nc5ccccc5o4)ccc3c2c1)C(=O)O. The molecule has 5 rings (SSSR count). The molecule has 0 fully saturated rings. The first-order valence-electron chi connectivity index (χ1n) is 10.3. The molecule has 0 saturated carbocycles. The van der Waals surface area contributed by atoms with Crippen LogP contribution in [0.1, 0.15) is 13.8 Å². The number of carbonyl (C=O) groups is 1. The number of fused-ring (bicyclic) bond motifs is 4. The molecule has 0 spiro atoms. The minimum absolute atomic E-state index is 0.0346. The number of benzene rings is 3. The summed E-state index contributed by atoms with van der Waals surface area (Å²) in [6, 6.07) is 16.1. The highest BCUT2D eigenvalue weighted by molar-refractivity contribution is 7.89. The molecule has 33 heavy (non-hydrogen) atoms. The van der Waals surface area contributed by atoms with E-state index in [4.69, 9.17) is 8.83 Å². The number of para-hydroxylation sites is 2. The number of aliphatic carboxylic acids is 1. The number of carboxylic acid groups (broad SMARTS) is 1. The average molecular weight is 464 g/mol. The Balaban J connectivity index is 1.55. The van der Waals surface area contributed by atoms with E-state index in [1.807, 2.05) is 36.4 Å². The van der Waals surface area contributed by atoms with Gasteiger partial charge in [0.2, 0.25) is 15.9 Å². The summed E-state index contributed by atoms with van der Waals surface area (Å²) in [6.07, 6.45) is 0. The fourth-order valence-corrected chi connectivity index (χ4v) is 5.12. The lowest BCUT2D eigenvalue weighted by Crippen LogP contribution is -2.44. The lowest BCUT2D eigenvalue weighted by molar-refractivity contribution is -0.140. The molecule has 1 atom stereocenters. The van der Waals surface area contributed by atoms with Crippen molar-refractivity contribution in [3.63, 3.8) is 0 Å². The molecule has 168 valence electrons. The zero-order chi connectivity index (χ0) is 23.3. The van der Waals surface area contributed by atoms with Crippen molar-refractivity contribution in [1.29, 1.82) is 0 Å². The first kappa shape index (κ1) is 21.2. The van der Waals surface area contributed by atoms with Gasteiger partial charge in [-0.25, -0.2) is 13.4 Å². The number of sulfonamides is 1. The smallest absolute Gasteiger partial charge is 0.322 e. The number of hydrogen-bond acceptors (Lipinski definition) is 6. The largest absolute Gasteiger partial charge is 0.480 e. The first-order chi connectivity index (χ1) is 15.7. The Labute approximate surface area is 188 Å². The number of carboxylic acids is 1. The van der Waals surface area contributed by atoms with Crippen LogP contribution in [0.5, 0.6) is 0 Å². The standard InChI is InChI=1S/C24H20N2O6S/c1-13(2)22(24(27)28)26-33(29,30)15-8-10-19-17(12-15)16-9-7-14(11-21(16)31-19)23-25-18-5-3-4-6-20(18)32-23/h3-13,22,26H,1-2H3,(H,27,28)/t22-/m1/s1. The molecular formula is C24H20N2O6S. The number of aromatic nitrogens is 1. The van der Waals surface area contributed by atoms with Crippen molar-refractivity contribution >= 4 is 49.0 Å². The van der Waals surface area contributed by atoms with E-state index >= 15 is 0 Å². The molecular weight excluding hydrogens is 444 g/mol. The van der Waals surface area contributed by atoms with Crippen LogP contribution in [0.25, 0.3) is 44.5 Å². The fraction of sp³-hybridized carbons (Fsp3) is 0.167. The van der Waals surface area contributed by atoms with E-state index in [2.05, 4.69) is 9.71 Å². The molecule has 3 aromatic carbocycles. The highest BCUT2D eigenvalue weighted by atomic mass is 32.2. The van der Waals surface area contributed by atoms with Gasteiger partial charge in [-0.2, -0.15) is 4.72 Å². The van der Waals surface area contributed by atoms with Gasteiger partial charge in [0.05, 0.1) is 4.90 Å². The third-order valence-corrected chi connectivity index (χ3v) is 6.95. The van der Waals surface area contributed by atoms with Crippen molar-refractivity contribution in [3.8, 4) is 11.5 Å². The Morgan fingerprint density at radius 1 is 0.939 bits per heavy atom. The number of rotatable bonds is 6. The Bertz CT molecular complexity index is 1600. The summed E-state index contributed by atoms with van der Waals surface area (Å²) < 4.78 is 39.7. The van der Waals surface area contributed by atoms with E-state index in [1.165, 1.54) is 12.1 Å². The summed E-state index contributed by atoms with van der Waals surface area (Å²) in [5.41, 5.74) is 3.23. The molecule has 0 radical (unpaired) electrons. The number of furan rings is 1. The van der Waals surface area contributed by atoms with Gasteiger partial charge >= 0.3 is 5.97 Å². The number of nitrogens with one attached hydrogen (secondary N) is 1. The summed E-state index contributed by atoms with van der Waals surface area (Å²) in [7, 11) is -4.05. The van der Waals surface area contributed by atoms with Gasteiger partial charge < -0.3 is 13.9 Å². The minimum Gasteiger partial charge on any atom is -0.480 e. The molecule has 0 aliphatic heterocycles. The van der Waals surface area contributed by atoms with E-state index in [1.54, 1.807) is 26.0 Å². The average Bonchev–Trinajstić information content (AvgIpc) is 3.37. The molecule has 8 nitrogen and oxygen atoms in total. The van der Waals surface area contributed by atoms with Crippen LogP contribution in [-0.2, 0) is 14.8 Å². The van der Waals surface area contributed by atoms with Crippen LogP contribution < -0.4 is 4.72 Å².